The number of hydrogen-bond donors (Lipinski definition) is 0. The van der Waals surface area contributed by atoms with E-state index in [1.165, 1.54) is 0 Å². The van der Waals surface area contributed by atoms with Crippen LogP contribution in [-0.2, 0) is 0 Å². The van der Waals surface area contributed by atoms with Gasteiger partial charge in [-0.05, 0) is 40.5 Å². The smallest absolute Gasteiger partial charge is 0.226 e. The van der Waals surface area contributed by atoms with E-state index in [2.05, 4.69) is 25.9 Å². The van der Waals surface area contributed by atoms with Gasteiger partial charge in [0.1, 0.15) is 5.15 Å². The predicted octanol–water partition coefficient (Wildman–Crippen LogP) is 4.29. The minimum atomic E-state index is -2.73. The van der Waals surface area contributed by atoms with Crippen LogP contribution >= 0.6 is 27.5 Å². The monoisotopic (exact) mass is 306 g/mol. The zero-order chi connectivity index (χ0) is 11.9. The number of halogens is 4. The number of aryl methyl sites for hydroxylation is 1. The normalized spacial score (nSPS) is 11.4. The quantitative estimate of drug-likeness (QED) is 0.734. The van der Waals surface area contributed by atoms with Crippen molar-refractivity contribution in [1.29, 1.82) is 0 Å². The van der Waals surface area contributed by atoms with Gasteiger partial charge in [0.15, 0.2) is 5.82 Å². The van der Waals surface area contributed by atoms with Crippen LogP contribution in [0.4, 0.5) is 8.78 Å². The Hall–Kier alpha value is -0.810. The SMILES string of the molecule is Cc1cc(Br)c2nc(C(F)F)nc(Cl)c2c1. The number of benzene rings is 1. The second kappa shape index (κ2) is 4.22. The van der Waals surface area contributed by atoms with Gasteiger partial charge in [-0.1, -0.05) is 11.6 Å². The molecule has 1 aromatic carbocycles. The number of hydrogen-bond acceptors (Lipinski definition) is 2. The fourth-order valence-electron chi connectivity index (χ4n) is 1.40. The van der Waals surface area contributed by atoms with Crippen molar-refractivity contribution < 1.29 is 8.78 Å². The highest BCUT2D eigenvalue weighted by atomic mass is 79.9. The van der Waals surface area contributed by atoms with Gasteiger partial charge in [0.25, 0.3) is 6.43 Å². The number of fused-ring (bicyclic) bond motifs is 1. The average Bonchev–Trinajstić information content (AvgIpc) is 2.19. The van der Waals surface area contributed by atoms with E-state index in [1.54, 1.807) is 12.1 Å². The van der Waals surface area contributed by atoms with E-state index in [-0.39, 0.29) is 5.15 Å². The highest BCUT2D eigenvalue weighted by molar-refractivity contribution is 9.10. The van der Waals surface area contributed by atoms with E-state index in [1.807, 2.05) is 6.92 Å². The van der Waals surface area contributed by atoms with Gasteiger partial charge < -0.3 is 0 Å². The van der Waals surface area contributed by atoms with E-state index in [0.717, 1.165) is 5.56 Å². The maximum Gasteiger partial charge on any atom is 0.297 e. The van der Waals surface area contributed by atoms with Gasteiger partial charge in [0.2, 0.25) is 0 Å². The minimum absolute atomic E-state index is 0.0460. The van der Waals surface area contributed by atoms with Gasteiger partial charge in [0.05, 0.1) is 5.52 Å². The molecule has 0 spiro atoms. The van der Waals surface area contributed by atoms with E-state index in [0.29, 0.717) is 15.4 Å². The average molecular weight is 308 g/mol. The topological polar surface area (TPSA) is 25.8 Å². The third kappa shape index (κ3) is 2.01. The predicted molar refractivity (Wildman–Crippen MR) is 61.9 cm³/mol. The molecule has 0 aliphatic carbocycles. The standard InChI is InChI=1S/C10H6BrClF2N2/c1-4-2-5-7(6(11)3-4)15-10(9(13)14)16-8(5)12/h2-3,9H,1H3. The highest BCUT2D eigenvalue weighted by Gasteiger charge is 2.15. The first-order chi connectivity index (χ1) is 7.49. The van der Waals surface area contributed by atoms with Crippen molar-refractivity contribution in [2.45, 2.75) is 13.3 Å². The van der Waals surface area contributed by atoms with Crippen LogP contribution < -0.4 is 0 Å². The van der Waals surface area contributed by atoms with Crippen molar-refractivity contribution in [3.8, 4) is 0 Å². The summed E-state index contributed by atoms with van der Waals surface area (Å²) in [7, 11) is 0. The van der Waals surface area contributed by atoms with Gasteiger partial charge >= 0.3 is 0 Å². The third-order valence-electron chi connectivity index (χ3n) is 2.06. The summed E-state index contributed by atoms with van der Waals surface area (Å²) < 4.78 is 25.6. The summed E-state index contributed by atoms with van der Waals surface area (Å²) in [5.41, 5.74) is 1.36. The molecule has 6 heteroatoms. The summed E-state index contributed by atoms with van der Waals surface area (Å²) in [6.45, 7) is 1.88. The molecule has 0 amide bonds. The van der Waals surface area contributed by atoms with Gasteiger partial charge in [-0.3, -0.25) is 0 Å². The van der Waals surface area contributed by atoms with Crippen LogP contribution in [0.2, 0.25) is 5.15 Å². The van der Waals surface area contributed by atoms with E-state index in [9.17, 15) is 8.78 Å². The molecular weight excluding hydrogens is 301 g/mol. The maximum absolute atomic E-state index is 12.5. The first kappa shape index (κ1) is 11.7. The fraction of sp³-hybridized carbons (Fsp3) is 0.200. The molecular formula is C10H6BrClF2N2. The molecule has 0 radical (unpaired) electrons. The molecule has 0 unspecified atom stereocenters. The van der Waals surface area contributed by atoms with Crippen LogP contribution in [-0.4, -0.2) is 9.97 Å². The van der Waals surface area contributed by atoms with Crippen LogP contribution in [0.3, 0.4) is 0 Å². The van der Waals surface area contributed by atoms with E-state index in [4.69, 9.17) is 11.6 Å². The molecule has 1 aromatic heterocycles. The molecule has 2 nitrogen and oxygen atoms in total. The number of nitrogens with zero attached hydrogens (tertiary/aromatic N) is 2. The lowest BCUT2D eigenvalue weighted by Crippen LogP contribution is -1.97. The van der Waals surface area contributed by atoms with Crippen molar-refractivity contribution in [2.75, 3.05) is 0 Å². The summed E-state index contributed by atoms with van der Waals surface area (Å²) in [4.78, 5) is 7.35. The van der Waals surface area contributed by atoms with Crippen LogP contribution in [0.15, 0.2) is 16.6 Å². The first-order valence-corrected chi connectivity index (χ1v) is 5.57. The molecule has 0 N–H and O–H groups in total. The largest absolute Gasteiger partial charge is 0.297 e. The van der Waals surface area contributed by atoms with Crippen molar-refractivity contribution in [2.24, 2.45) is 0 Å². The van der Waals surface area contributed by atoms with Crippen molar-refractivity contribution in [3.05, 3.63) is 33.1 Å². The Morgan fingerprint density at radius 3 is 2.62 bits per heavy atom. The summed E-state index contributed by atoms with van der Waals surface area (Å²) >= 11 is 9.12. The molecule has 1 heterocycles. The van der Waals surface area contributed by atoms with Gasteiger partial charge in [-0.25, -0.2) is 18.7 Å². The number of alkyl halides is 2. The Labute approximate surface area is 104 Å². The van der Waals surface area contributed by atoms with Crippen LogP contribution in [0.25, 0.3) is 10.9 Å². The Morgan fingerprint density at radius 2 is 2.00 bits per heavy atom. The van der Waals surface area contributed by atoms with Crippen LogP contribution in [0, 0.1) is 6.92 Å². The molecule has 0 aliphatic heterocycles. The molecule has 0 bridgehead atoms. The molecule has 2 aromatic rings. The summed E-state index contributed by atoms with van der Waals surface area (Å²) in [5.74, 6) is -0.554. The molecule has 16 heavy (non-hydrogen) atoms. The summed E-state index contributed by atoms with van der Waals surface area (Å²) in [6.07, 6.45) is -2.73. The number of rotatable bonds is 1. The second-order valence-corrected chi connectivity index (χ2v) is 4.53. The second-order valence-electron chi connectivity index (χ2n) is 3.32. The molecule has 0 fully saturated rings. The van der Waals surface area contributed by atoms with E-state index < -0.39 is 12.2 Å². The van der Waals surface area contributed by atoms with Crippen LogP contribution in [0.5, 0.6) is 0 Å². The first-order valence-electron chi connectivity index (χ1n) is 4.40. The molecule has 84 valence electrons. The van der Waals surface area contributed by atoms with E-state index >= 15 is 0 Å². The summed E-state index contributed by atoms with van der Waals surface area (Å²) in [5, 5.41) is 0.614. The lowest BCUT2D eigenvalue weighted by atomic mass is 10.2. The Kier molecular flexibility index (Phi) is 3.08. The fourth-order valence-corrected chi connectivity index (χ4v) is 2.30. The van der Waals surface area contributed by atoms with Gasteiger partial charge in [0, 0.05) is 9.86 Å². The van der Waals surface area contributed by atoms with Crippen molar-refractivity contribution in [1.82, 2.24) is 9.97 Å². The van der Waals surface area contributed by atoms with Crippen molar-refractivity contribution in [3.63, 3.8) is 0 Å². The number of aromatic nitrogens is 2. The zero-order valence-electron chi connectivity index (χ0n) is 8.14. The zero-order valence-corrected chi connectivity index (χ0v) is 10.5. The highest BCUT2D eigenvalue weighted by Crippen LogP contribution is 2.30. The van der Waals surface area contributed by atoms with Gasteiger partial charge in [-0.2, -0.15) is 0 Å². The van der Waals surface area contributed by atoms with Gasteiger partial charge in [-0.15, -0.1) is 0 Å². The Morgan fingerprint density at radius 1 is 1.31 bits per heavy atom. The molecule has 0 saturated heterocycles. The Bertz CT molecular complexity index is 560. The molecule has 0 atom stereocenters. The van der Waals surface area contributed by atoms with Crippen LogP contribution in [0.1, 0.15) is 17.8 Å². The van der Waals surface area contributed by atoms with Crippen molar-refractivity contribution >= 4 is 38.4 Å². The summed E-state index contributed by atoms with van der Waals surface area (Å²) in [6, 6.07) is 3.55. The lowest BCUT2D eigenvalue weighted by molar-refractivity contribution is 0.141. The molecule has 2 rings (SSSR count). The Balaban J connectivity index is 2.82. The third-order valence-corrected chi connectivity index (χ3v) is 2.96. The molecule has 0 aliphatic rings. The molecule has 0 saturated carbocycles. The minimum Gasteiger partial charge on any atom is -0.226 e. The lowest BCUT2D eigenvalue weighted by Gasteiger charge is -2.06. The maximum atomic E-state index is 12.5.